The Bertz CT molecular complexity index is 740. The second-order valence-electron chi connectivity index (χ2n) is 6.82. The van der Waals surface area contributed by atoms with E-state index in [9.17, 15) is 13.2 Å². The molecule has 1 saturated heterocycles. The van der Waals surface area contributed by atoms with Crippen molar-refractivity contribution >= 4 is 11.5 Å². The predicted octanol–water partition coefficient (Wildman–Crippen LogP) is 3.53. The van der Waals surface area contributed by atoms with Crippen LogP contribution < -0.4 is 9.80 Å². The summed E-state index contributed by atoms with van der Waals surface area (Å²) in [4.78, 5) is 16.2. The Morgan fingerprint density at radius 2 is 1.69 bits per heavy atom. The normalized spacial score (nSPS) is 18.8. The molecule has 0 bridgehead atoms. The number of anilines is 2. The summed E-state index contributed by atoms with van der Waals surface area (Å²) in [6.07, 6.45) is 4.27. The third kappa shape index (κ3) is 3.59. The van der Waals surface area contributed by atoms with Gasteiger partial charge in [0.15, 0.2) is 0 Å². The third-order valence-electron chi connectivity index (χ3n) is 5.03. The third-order valence-corrected chi connectivity index (χ3v) is 5.03. The highest BCUT2D eigenvalue weighted by Gasteiger charge is 2.37. The maximum atomic E-state index is 12.9. The summed E-state index contributed by atoms with van der Waals surface area (Å²) in [6.45, 7) is 1.45. The molecule has 2 fully saturated rings. The lowest BCUT2D eigenvalue weighted by molar-refractivity contribution is -0.141. The fraction of sp³-hybridized carbons (Fsp3) is 0.500. The van der Waals surface area contributed by atoms with Crippen molar-refractivity contribution in [1.29, 1.82) is 0 Å². The van der Waals surface area contributed by atoms with E-state index in [0.29, 0.717) is 17.8 Å². The van der Waals surface area contributed by atoms with Gasteiger partial charge < -0.3 is 9.80 Å². The summed E-state index contributed by atoms with van der Waals surface area (Å²) in [5.41, 5.74) is -0.247. The zero-order valence-corrected chi connectivity index (χ0v) is 14.2. The van der Waals surface area contributed by atoms with E-state index in [1.54, 1.807) is 18.6 Å². The Labute approximate surface area is 149 Å². The van der Waals surface area contributed by atoms with E-state index >= 15 is 0 Å². The average Bonchev–Trinajstić information content (AvgIpc) is 3.48. The SMILES string of the molecule is FC(F)(F)c1cc(N2CCC(N(c3ccncn3)C3CC3)CC2)ccn1. The van der Waals surface area contributed by atoms with E-state index < -0.39 is 11.9 Å². The smallest absolute Gasteiger partial charge is 0.371 e. The van der Waals surface area contributed by atoms with E-state index in [0.717, 1.165) is 37.8 Å². The van der Waals surface area contributed by atoms with Crippen molar-refractivity contribution in [1.82, 2.24) is 15.0 Å². The summed E-state index contributed by atoms with van der Waals surface area (Å²) in [5, 5.41) is 0. The number of pyridine rings is 1. The van der Waals surface area contributed by atoms with Crippen LogP contribution in [-0.4, -0.2) is 40.1 Å². The van der Waals surface area contributed by atoms with Gasteiger partial charge in [0, 0.05) is 43.3 Å². The molecule has 0 aromatic carbocycles. The van der Waals surface area contributed by atoms with Gasteiger partial charge in [-0.1, -0.05) is 0 Å². The lowest BCUT2D eigenvalue weighted by Gasteiger charge is -2.40. The Hall–Kier alpha value is -2.38. The summed E-state index contributed by atoms with van der Waals surface area (Å²) in [6, 6.07) is 5.61. The molecule has 138 valence electrons. The molecule has 1 aliphatic heterocycles. The highest BCUT2D eigenvalue weighted by atomic mass is 19.4. The van der Waals surface area contributed by atoms with Crippen LogP contribution in [0.3, 0.4) is 0 Å². The zero-order chi connectivity index (χ0) is 18.1. The maximum absolute atomic E-state index is 12.9. The quantitative estimate of drug-likeness (QED) is 0.832. The summed E-state index contributed by atoms with van der Waals surface area (Å²) < 4.78 is 38.7. The van der Waals surface area contributed by atoms with Crippen LogP contribution in [0.4, 0.5) is 24.7 Å². The lowest BCUT2D eigenvalue weighted by atomic mass is 10.0. The molecule has 8 heteroatoms. The number of alkyl halides is 3. The average molecular weight is 363 g/mol. The summed E-state index contributed by atoms with van der Waals surface area (Å²) >= 11 is 0. The number of aromatic nitrogens is 3. The topological polar surface area (TPSA) is 45.2 Å². The predicted molar refractivity (Wildman–Crippen MR) is 92.0 cm³/mol. The summed E-state index contributed by atoms with van der Waals surface area (Å²) in [7, 11) is 0. The van der Waals surface area contributed by atoms with Crippen molar-refractivity contribution in [2.45, 2.75) is 43.9 Å². The molecule has 0 unspecified atom stereocenters. The molecule has 0 amide bonds. The van der Waals surface area contributed by atoms with Gasteiger partial charge in [0.1, 0.15) is 17.8 Å². The number of piperidine rings is 1. The second kappa shape index (κ2) is 6.74. The minimum absolute atomic E-state index is 0.359. The number of nitrogens with zero attached hydrogens (tertiary/aromatic N) is 5. The molecule has 3 heterocycles. The first-order valence-electron chi connectivity index (χ1n) is 8.85. The molecule has 2 aliphatic rings. The largest absolute Gasteiger partial charge is 0.433 e. The molecule has 4 rings (SSSR count). The van der Waals surface area contributed by atoms with Gasteiger partial charge >= 0.3 is 6.18 Å². The highest BCUT2D eigenvalue weighted by Crippen LogP contribution is 2.36. The molecular weight excluding hydrogens is 343 g/mol. The molecule has 0 N–H and O–H groups in total. The van der Waals surface area contributed by atoms with Gasteiger partial charge in [-0.2, -0.15) is 13.2 Å². The standard InChI is InChI=1S/C18H20F3N5/c19-18(20,21)16-11-15(3-8-23-16)25-9-5-14(6-10-25)26(13-1-2-13)17-4-7-22-12-24-17/h3-4,7-8,11-14H,1-2,5-6,9-10H2. The minimum Gasteiger partial charge on any atom is -0.371 e. The van der Waals surface area contributed by atoms with E-state index in [1.165, 1.54) is 19.0 Å². The molecule has 2 aromatic heterocycles. The molecule has 1 saturated carbocycles. The first-order chi connectivity index (χ1) is 12.5. The van der Waals surface area contributed by atoms with E-state index in [2.05, 4.69) is 19.9 Å². The van der Waals surface area contributed by atoms with Crippen LogP contribution >= 0.6 is 0 Å². The Morgan fingerprint density at radius 3 is 2.31 bits per heavy atom. The van der Waals surface area contributed by atoms with Crippen LogP contribution in [0.1, 0.15) is 31.4 Å². The van der Waals surface area contributed by atoms with E-state index in [4.69, 9.17) is 0 Å². The number of halogens is 3. The van der Waals surface area contributed by atoms with Crippen molar-refractivity contribution in [3.05, 3.63) is 42.6 Å². The van der Waals surface area contributed by atoms with Crippen molar-refractivity contribution in [2.75, 3.05) is 22.9 Å². The van der Waals surface area contributed by atoms with Crippen molar-refractivity contribution in [3.8, 4) is 0 Å². The molecule has 0 radical (unpaired) electrons. The molecule has 2 aromatic rings. The fourth-order valence-corrected chi connectivity index (χ4v) is 3.63. The first-order valence-corrected chi connectivity index (χ1v) is 8.85. The Balaban J connectivity index is 1.46. The molecule has 26 heavy (non-hydrogen) atoms. The van der Waals surface area contributed by atoms with Gasteiger partial charge in [-0.05, 0) is 43.9 Å². The van der Waals surface area contributed by atoms with Gasteiger partial charge in [0.05, 0.1) is 0 Å². The monoisotopic (exact) mass is 363 g/mol. The van der Waals surface area contributed by atoms with Gasteiger partial charge in [-0.25, -0.2) is 9.97 Å². The van der Waals surface area contributed by atoms with Crippen LogP contribution in [0, 0.1) is 0 Å². The highest BCUT2D eigenvalue weighted by molar-refractivity contribution is 5.48. The van der Waals surface area contributed by atoms with Crippen LogP contribution in [0.15, 0.2) is 36.9 Å². The zero-order valence-electron chi connectivity index (χ0n) is 14.2. The molecule has 1 aliphatic carbocycles. The fourth-order valence-electron chi connectivity index (χ4n) is 3.63. The second-order valence-corrected chi connectivity index (χ2v) is 6.82. The molecule has 5 nitrogen and oxygen atoms in total. The van der Waals surface area contributed by atoms with Gasteiger partial charge in [0.25, 0.3) is 0 Å². The Morgan fingerprint density at radius 1 is 0.962 bits per heavy atom. The van der Waals surface area contributed by atoms with Crippen LogP contribution in [0.5, 0.6) is 0 Å². The molecule has 0 atom stereocenters. The maximum Gasteiger partial charge on any atom is 0.433 e. The van der Waals surface area contributed by atoms with Gasteiger partial charge in [-0.3, -0.25) is 4.98 Å². The minimum atomic E-state index is -4.41. The first kappa shape index (κ1) is 17.1. The summed E-state index contributed by atoms with van der Waals surface area (Å²) in [5.74, 6) is 0.948. The number of hydrogen-bond donors (Lipinski definition) is 0. The molecular formula is C18H20F3N5. The van der Waals surface area contributed by atoms with Gasteiger partial charge in [-0.15, -0.1) is 0 Å². The van der Waals surface area contributed by atoms with Gasteiger partial charge in [0.2, 0.25) is 0 Å². The number of hydrogen-bond acceptors (Lipinski definition) is 5. The van der Waals surface area contributed by atoms with Crippen LogP contribution in [0.25, 0.3) is 0 Å². The Kier molecular flexibility index (Phi) is 4.42. The van der Waals surface area contributed by atoms with Crippen molar-refractivity contribution < 1.29 is 13.2 Å². The van der Waals surface area contributed by atoms with Crippen LogP contribution in [0.2, 0.25) is 0 Å². The van der Waals surface area contributed by atoms with E-state index in [1.807, 2.05) is 11.0 Å². The lowest BCUT2D eigenvalue weighted by Crippen LogP contribution is -2.46. The van der Waals surface area contributed by atoms with Crippen molar-refractivity contribution in [3.63, 3.8) is 0 Å². The molecule has 0 spiro atoms. The van der Waals surface area contributed by atoms with Crippen LogP contribution in [-0.2, 0) is 6.18 Å². The van der Waals surface area contributed by atoms with E-state index in [-0.39, 0.29) is 0 Å². The van der Waals surface area contributed by atoms with Crippen molar-refractivity contribution in [2.24, 2.45) is 0 Å². The number of rotatable bonds is 4.